The van der Waals surface area contributed by atoms with Crippen LogP contribution in [0.25, 0.3) is 0 Å². The lowest BCUT2D eigenvalue weighted by Gasteiger charge is -2.20. The number of allylic oxidation sites excluding steroid dienone is 5. The molecule has 6 heteroatoms. The largest absolute Gasteiger partial charge is 0.466 e. The summed E-state index contributed by atoms with van der Waals surface area (Å²) < 4.78 is 5.47. The van der Waals surface area contributed by atoms with E-state index in [1.165, 1.54) is 244 Å². The van der Waals surface area contributed by atoms with E-state index in [0.29, 0.717) is 19.4 Å². The van der Waals surface area contributed by atoms with Crippen molar-refractivity contribution in [3.8, 4) is 0 Å². The Morgan fingerprint density at radius 3 is 1.03 bits per heavy atom. The molecule has 0 aliphatic heterocycles. The lowest BCUT2D eigenvalue weighted by atomic mass is 10.0. The topological polar surface area (TPSA) is 95.9 Å². The smallest absolute Gasteiger partial charge is 0.305 e. The van der Waals surface area contributed by atoms with Crippen LogP contribution >= 0.6 is 0 Å². The van der Waals surface area contributed by atoms with Gasteiger partial charge in [0, 0.05) is 12.8 Å². The Morgan fingerprint density at radius 1 is 0.389 bits per heavy atom. The molecule has 0 fully saturated rings. The lowest BCUT2D eigenvalue weighted by Crippen LogP contribution is -2.45. The zero-order valence-electron chi connectivity index (χ0n) is 48.4. The van der Waals surface area contributed by atoms with Gasteiger partial charge in [-0.1, -0.05) is 307 Å². The number of carbonyl (C=O) groups is 2. The Kier molecular flexibility index (Phi) is 60.0. The Hall–Kier alpha value is -1.92. The quantitative estimate of drug-likeness (QED) is 0.0244. The SMILES string of the molecule is CCCCCCCCCCCCCCCCCC/C=C/C(O)C(CO)NC(=O)CCCCCCCCCCCC/C=C\C=C/CCCCCOC(=O)CCCCCCCCCCCCCCCCCCCC. The summed E-state index contributed by atoms with van der Waals surface area (Å²) in [7, 11) is 0. The van der Waals surface area contributed by atoms with Crippen molar-refractivity contribution in [2.75, 3.05) is 13.2 Å². The van der Waals surface area contributed by atoms with Crippen LogP contribution in [0.15, 0.2) is 36.5 Å². The first kappa shape index (κ1) is 70.1. The number of amides is 1. The molecule has 0 saturated carbocycles. The lowest BCUT2D eigenvalue weighted by molar-refractivity contribution is -0.143. The average Bonchev–Trinajstić information content (AvgIpc) is 3.38. The summed E-state index contributed by atoms with van der Waals surface area (Å²) in [5.41, 5.74) is 0. The van der Waals surface area contributed by atoms with Gasteiger partial charge in [-0.15, -0.1) is 0 Å². The minimum Gasteiger partial charge on any atom is -0.466 e. The van der Waals surface area contributed by atoms with E-state index in [9.17, 15) is 19.8 Å². The predicted molar refractivity (Wildman–Crippen MR) is 315 cm³/mol. The molecule has 6 nitrogen and oxygen atoms in total. The highest BCUT2D eigenvalue weighted by molar-refractivity contribution is 5.76. The van der Waals surface area contributed by atoms with Crippen molar-refractivity contribution < 1.29 is 24.5 Å². The fourth-order valence-corrected chi connectivity index (χ4v) is 9.98. The zero-order valence-corrected chi connectivity index (χ0v) is 48.4. The molecule has 0 spiro atoms. The maximum atomic E-state index is 12.5. The summed E-state index contributed by atoms with van der Waals surface area (Å²) in [5.74, 6) is -0.0851. The van der Waals surface area contributed by atoms with Crippen molar-refractivity contribution >= 4 is 11.9 Å². The number of unbranched alkanes of at least 4 members (excludes halogenated alkanes) is 46. The highest BCUT2D eigenvalue weighted by Gasteiger charge is 2.18. The van der Waals surface area contributed by atoms with Crippen LogP contribution in [0.3, 0.4) is 0 Å². The second-order valence-corrected chi connectivity index (χ2v) is 22.1. The Morgan fingerprint density at radius 2 is 0.681 bits per heavy atom. The number of esters is 1. The minimum absolute atomic E-state index is 0.00943. The summed E-state index contributed by atoms with van der Waals surface area (Å²) in [5, 5.41) is 23.2. The van der Waals surface area contributed by atoms with E-state index in [4.69, 9.17) is 4.74 Å². The molecule has 0 aromatic rings. The van der Waals surface area contributed by atoms with Crippen LogP contribution in [0.4, 0.5) is 0 Å². The van der Waals surface area contributed by atoms with Gasteiger partial charge >= 0.3 is 5.97 Å². The molecular weight excluding hydrogens is 887 g/mol. The van der Waals surface area contributed by atoms with E-state index >= 15 is 0 Å². The number of ether oxygens (including phenoxy) is 1. The molecule has 0 bridgehead atoms. The van der Waals surface area contributed by atoms with Crippen molar-refractivity contribution in [1.82, 2.24) is 5.32 Å². The van der Waals surface area contributed by atoms with Crippen LogP contribution in [0.1, 0.15) is 348 Å². The van der Waals surface area contributed by atoms with Gasteiger partial charge in [0.2, 0.25) is 5.91 Å². The molecule has 0 aliphatic carbocycles. The summed E-state index contributed by atoms with van der Waals surface area (Å²) in [4.78, 5) is 24.6. The van der Waals surface area contributed by atoms with Gasteiger partial charge in [0.05, 0.1) is 25.4 Å². The third-order valence-corrected chi connectivity index (χ3v) is 14.9. The van der Waals surface area contributed by atoms with E-state index < -0.39 is 12.1 Å². The summed E-state index contributed by atoms with van der Waals surface area (Å²) in [6.07, 6.45) is 77.6. The number of hydrogen-bond donors (Lipinski definition) is 3. The van der Waals surface area contributed by atoms with Crippen LogP contribution in [-0.2, 0) is 14.3 Å². The molecule has 424 valence electrons. The van der Waals surface area contributed by atoms with Gasteiger partial charge in [0.1, 0.15) is 0 Å². The van der Waals surface area contributed by atoms with E-state index in [2.05, 4.69) is 43.5 Å². The highest BCUT2D eigenvalue weighted by Crippen LogP contribution is 2.18. The van der Waals surface area contributed by atoms with Crippen molar-refractivity contribution in [1.29, 1.82) is 0 Å². The Bertz CT molecular complexity index is 1170. The molecule has 72 heavy (non-hydrogen) atoms. The molecule has 2 atom stereocenters. The minimum atomic E-state index is -0.852. The van der Waals surface area contributed by atoms with Gasteiger partial charge in [0.15, 0.2) is 0 Å². The monoisotopic (exact) mass is 1010 g/mol. The number of hydrogen-bond acceptors (Lipinski definition) is 5. The van der Waals surface area contributed by atoms with Crippen LogP contribution in [-0.4, -0.2) is 47.4 Å². The number of aliphatic hydroxyl groups is 2. The fraction of sp³-hybridized carbons (Fsp3) is 0.879. The molecule has 0 rings (SSSR count). The molecule has 2 unspecified atom stereocenters. The van der Waals surface area contributed by atoms with Crippen molar-refractivity contribution in [2.45, 2.75) is 360 Å². The first-order valence-corrected chi connectivity index (χ1v) is 32.3. The van der Waals surface area contributed by atoms with E-state index in [0.717, 1.165) is 77.0 Å². The standard InChI is InChI=1S/C66H125NO5/c1-3-5-7-9-11-13-15-17-19-21-26-30-34-38-42-46-50-54-58-64(69)63(62-68)67-65(70)59-55-51-47-43-39-35-31-27-24-23-25-29-33-37-41-45-49-53-57-61-72-66(71)60-56-52-48-44-40-36-32-28-22-20-18-16-14-12-10-8-6-4-2/h29,33,37,41,54,58,63-64,68-69H,3-28,30-32,34-36,38-40,42-53,55-57,59-62H2,1-2H3,(H,67,70)/b33-29-,41-37-,58-54+. The Labute approximate surface area is 449 Å². The molecule has 0 radical (unpaired) electrons. The molecule has 1 amide bonds. The van der Waals surface area contributed by atoms with Gasteiger partial charge in [-0.25, -0.2) is 0 Å². The molecule has 0 saturated heterocycles. The van der Waals surface area contributed by atoms with Gasteiger partial charge in [-0.3, -0.25) is 9.59 Å². The molecule has 3 N–H and O–H groups in total. The predicted octanol–water partition coefficient (Wildman–Crippen LogP) is 20.4. The number of aliphatic hydroxyl groups excluding tert-OH is 2. The molecule has 0 aromatic carbocycles. The van der Waals surface area contributed by atoms with Crippen LogP contribution in [0.5, 0.6) is 0 Å². The third-order valence-electron chi connectivity index (χ3n) is 14.9. The molecule has 0 aromatic heterocycles. The van der Waals surface area contributed by atoms with Crippen LogP contribution in [0, 0.1) is 0 Å². The van der Waals surface area contributed by atoms with Gasteiger partial charge in [-0.2, -0.15) is 0 Å². The first-order valence-electron chi connectivity index (χ1n) is 32.3. The normalized spacial score (nSPS) is 12.8. The summed E-state index contributed by atoms with van der Waals surface area (Å²) in [6.45, 7) is 4.89. The van der Waals surface area contributed by atoms with Crippen LogP contribution < -0.4 is 5.32 Å². The summed E-state index contributed by atoms with van der Waals surface area (Å²) in [6, 6.07) is -0.636. The number of carbonyl (C=O) groups excluding carboxylic acids is 2. The van der Waals surface area contributed by atoms with Crippen molar-refractivity contribution in [2.24, 2.45) is 0 Å². The second kappa shape index (κ2) is 61.6. The van der Waals surface area contributed by atoms with Gasteiger partial charge in [-0.05, 0) is 64.2 Å². The maximum Gasteiger partial charge on any atom is 0.305 e. The highest BCUT2D eigenvalue weighted by atomic mass is 16.5. The van der Waals surface area contributed by atoms with E-state index in [1.54, 1.807) is 6.08 Å². The van der Waals surface area contributed by atoms with Gasteiger partial charge in [0.25, 0.3) is 0 Å². The number of nitrogens with one attached hydrogen (secondary N) is 1. The van der Waals surface area contributed by atoms with Crippen LogP contribution in [0.2, 0.25) is 0 Å². The van der Waals surface area contributed by atoms with Crippen molar-refractivity contribution in [3.63, 3.8) is 0 Å². The third kappa shape index (κ3) is 57.4. The van der Waals surface area contributed by atoms with E-state index in [-0.39, 0.29) is 18.5 Å². The molecule has 0 heterocycles. The fourth-order valence-electron chi connectivity index (χ4n) is 9.98. The average molecular weight is 1010 g/mol. The van der Waals surface area contributed by atoms with Crippen molar-refractivity contribution in [3.05, 3.63) is 36.5 Å². The summed E-state index contributed by atoms with van der Waals surface area (Å²) >= 11 is 0. The molecule has 0 aliphatic rings. The molecular formula is C66H125NO5. The maximum absolute atomic E-state index is 12.5. The van der Waals surface area contributed by atoms with E-state index in [1.807, 2.05) is 6.08 Å². The number of rotatable bonds is 60. The zero-order chi connectivity index (χ0) is 52.2. The second-order valence-electron chi connectivity index (χ2n) is 22.1. The van der Waals surface area contributed by atoms with Gasteiger partial charge < -0.3 is 20.3 Å². The Balaban J connectivity index is 3.48. The first-order chi connectivity index (χ1) is 35.5.